The van der Waals surface area contributed by atoms with Crippen LogP contribution in [0.15, 0.2) is 84.9 Å². The van der Waals surface area contributed by atoms with E-state index in [0.717, 1.165) is 29.3 Å². The number of nitrogens with one attached hydrogen (secondary N) is 1. The molecule has 1 heterocycles. The highest BCUT2D eigenvalue weighted by Crippen LogP contribution is 2.29. The van der Waals surface area contributed by atoms with Crippen molar-refractivity contribution in [2.45, 2.75) is 12.8 Å². The van der Waals surface area contributed by atoms with Crippen molar-refractivity contribution >= 4 is 28.4 Å². The molecule has 0 aliphatic rings. The Kier molecular flexibility index (Phi) is 5.87. The minimum atomic E-state index is -0.0926. The zero-order valence-corrected chi connectivity index (χ0v) is 16.7. The number of rotatable bonds is 6. The van der Waals surface area contributed by atoms with E-state index in [0.29, 0.717) is 22.8 Å². The number of carbonyl (C=O) groups is 1. The Morgan fingerprint density at radius 1 is 0.897 bits per heavy atom. The molecule has 0 aliphatic carbocycles. The largest absolute Gasteiger partial charge is 0.352 e. The van der Waals surface area contributed by atoms with E-state index in [4.69, 9.17) is 16.6 Å². The van der Waals surface area contributed by atoms with Crippen LogP contribution in [0.4, 0.5) is 0 Å². The maximum Gasteiger partial charge on any atom is 0.252 e. The number of aromatic nitrogens is 1. The summed E-state index contributed by atoms with van der Waals surface area (Å²) in [7, 11) is 0. The van der Waals surface area contributed by atoms with Gasteiger partial charge in [0.05, 0.1) is 16.8 Å². The van der Waals surface area contributed by atoms with E-state index in [1.165, 1.54) is 5.56 Å². The summed E-state index contributed by atoms with van der Waals surface area (Å²) >= 11 is 6.36. The first-order valence-electron chi connectivity index (χ1n) is 9.69. The van der Waals surface area contributed by atoms with Crippen molar-refractivity contribution in [2.24, 2.45) is 0 Å². The molecule has 4 rings (SSSR count). The summed E-state index contributed by atoms with van der Waals surface area (Å²) in [5.74, 6) is -0.0926. The lowest BCUT2D eigenvalue weighted by Crippen LogP contribution is -2.25. The minimum Gasteiger partial charge on any atom is -0.352 e. The summed E-state index contributed by atoms with van der Waals surface area (Å²) in [5.41, 5.74) is 4.18. The zero-order valence-electron chi connectivity index (χ0n) is 15.9. The fourth-order valence-electron chi connectivity index (χ4n) is 3.40. The number of hydrogen-bond donors (Lipinski definition) is 1. The van der Waals surface area contributed by atoms with Crippen LogP contribution in [0.2, 0.25) is 5.02 Å². The first kappa shape index (κ1) is 19.2. The Morgan fingerprint density at radius 3 is 2.45 bits per heavy atom. The average molecular weight is 401 g/mol. The third-order valence-corrected chi connectivity index (χ3v) is 5.21. The number of hydrogen-bond acceptors (Lipinski definition) is 2. The van der Waals surface area contributed by atoms with Crippen LogP contribution in [-0.2, 0) is 6.42 Å². The van der Waals surface area contributed by atoms with Gasteiger partial charge in [0.2, 0.25) is 0 Å². The van der Waals surface area contributed by atoms with E-state index in [1.54, 1.807) is 0 Å². The van der Waals surface area contributed by atoms with E-state index in [2.05, 4.69) is 17.4 Å². The molecule has 144 valence electrons. The third-order valence-electron chi connectivity index (χ3n) is 4.88. The van der Waals surface area contributed by atoms with E-state index in [1.807, 2.05) is 72.8 Å². The quantitative estimate of drug-likeness (QED) is 0.408. The Labute approximate surface area is 175 Å². The van der Waals surface area contributed by atoms with Gasteiger partial charge < -0.3 is 5.32 Å². The van der Waals surface area contributed by atoms with E-state index < -0.39 is 0 Å². The molecule has 0 unspecified atom stereocenters. The number of carbonyl (C=O) groups excluding carboxylic acids is 1. The van der Waals surface area contributed by atoms with Crippen molar-refractivity contribution in [3.63, 3.8) is 0 Å². The highest BCUT2D eigenvalue weighted by atomic mass is 35.5. The van der Waals surface area contributed by atoms with Crippen LogP contribution in [0.3, 0.4) is 0 Å². The summed E-state index contributed by atoms with van der Waals surface area (Å²) in [6, 6.07) is 27.4. The predicted molar refractivity (Wildman–Crippen MR) is 119 cm³/mol. The van der Waals surface area contributed by atoms with Crippen molar-refractivity contribution in [3.8, 4) is 11.3 Å². The number of benzene rings is 3. The van der Waals surface area contributed by atoms with E-state index in [9.17, 15) is 4.79 Å². The number of aryl methyl sites for hydroxylation is 1. The smallest absolute Gasteiger partial charge is 0.252 e. The van der Waals surface area contributed by atoms with Crippen molar-refractivity contribution in [1.82, 2.24) is 10.3 Å². The number of para-hydroxylation sites is 1. The van der Waals surface area contributed by atoms with Gasteiger partial charge in [-0.15, -0.1) is 0 Å². The fraction of sp³-hybridized carbons (Fsp3) is 0.120. The SMILES string of the molecule is O=C(NCCCc1ccccc1)c1cc(-c2ccccc2Cl)nc2ccccc12. The fourth-order valence-corrected chi connectivity index (χ4v) is 3.64. The maximum absolute atomic E-state index is 13.0. The second-order valence-electron chi connectivity index (χ2n) is 6.90. The average Bonchev–Trinajstić information content (AvgIpc) is 2.77. The first-order valence-corrected chi connectivity index (χ1v) is 10.1. The summed E-state index contributed by atoms with van der Waals surface area (Å²) in [5, 5.41) is 4.51. The molecule has 4 aromatic rings. The number of amides is 1. The molecule has 29 heavy (non-hydrogen) atoms. The molecule has 0 bridgehead atoms. The molecular weight excluding hydrogens is 380 g/mol. The second kappa shape index (κ2) is 8.89. The Balaban J connectivity index is 1.57. The van der Waals surface area contributed by atoms with Gasteiger partial charge in [-0.05, 0) is 36.6 Å². The molecule has 0 radical (unpaired) electrons. The molecule has 1 amide bonds. The van der Waals surface area contributed by atoms with E-state index in [-0.39, 0.29) is 5.91 Å². The second-order valence-corrected chi connectivity index (χ2v) is 7.30. The van der Waals surface area contributed by atoms with Crippen LogP contribution in [0, 0.1) is 0 Å². The molecule has 0 saturated heterocycles. The van der Waals surface area contributed by atoms with Gasteiger partial charge in [-0.1, -0.05) is 78.3 Å². The topological polar surface area (TPSA) is 42.0 Å². The summed E-state index contributed by atoms with van der Waals surface area (Å²) < 4.78 is 0. The van der Waals surface area contributed by atoms with Crippen LogP contribution >= 0.6 is 11.6 Å². The van der Waals surface area contributed by atoms with Crippen molar-refractivity contribution in [1.29, 1.82) is 0 Å². The lowest BCUT2D eigenvalue weighted by atomic mass is 10.0. The molecule has 0 fully saturated rings. The lowest BCUT2D eigenvalue weighted by Gasteiger charge is -2.11. The minimum absolute atomic E-state index is 0.0926. The Hall–Kier alpha value is -3.17. The molecule has 0 aliphatic heterocycles. The molecule has 0 atom stereocenters. The summed E-state index contributed by atoms with van der Waals surface area (Å²) in [6.07, 6.45) is 1.82. The summed E-state index contributed by atoms with van der Waals surface area (Å²) in [4.78, 5) is 17.7. The molecule has 4 heteroatoms. The van der Waals surface area contributed by atoms with Crippen molar-refractivity contribution < 1.29 is 4.79 Å². The van der Waals surface area contributed by atoms with Gasteiger partial charge >= 0.3 is 0 Å². The van der Waals surface area contributed by atoms with Crippen LogP contribution in [0.5, 0.6) is 0 Å². The third kappa shape index (κ3) is 4.47. The van der Waals surface area contributed by atoms with Crippen LogP contribution < -0.4 is 5.32 Å². The van der Waals surface area contributed by atoms with Gasteiger partial charge in [0.15, 0.2) is 0 Å². The predicted octanol–water partition coefficient (Wildman–Crippen LogP) is 5.92. The Bertz CT molecular complexity index is 1140. The number of halogens is 1. The molecule has 3 aromatic carbocycles. The van der Waals surface area contributed by atoms with Crippen molar-refractivity contribution in [3.05, 3.63) is 101 Å². The van der Waals surface area contributed by atoms with E-state index >= 15 is 0 Å². The number of pyridine rings is 1. The molecule has 1 aromatic heterocycles. The molecule has 0 saturated carbocycles. The van der Waals surface area contributed by atoms with Gasteiger partial charge in [0.1, 0.15) is 0 Å². The van der Waals surface area contributed by atoms with Crippen molar-refractivity contribution in [2.75, 3.05) is 6.54 Å². The van der Waals surface area contributed by atoms with Crippen LogP contribution in [0.25, 0.3) is 22.2 Å². The molecule has 0 spiro atoms. The normalized spacial score (nSPS) is 10.8. The van der Waals surface area contributed by atoms with Gasteiger partial charge in [-0.3, -0.25) is 4.79 Å². The highest BCUT2D eigenvalue weighted by Gasteiger charge is 2.14. The van der Waals surface area contributed by atoms with Gasteiger partial charge in [0, 0.05) is 22.5 Å². The zero-order chi connectivity index (χ0) is 20.1. The Morgan fingerprint density at radius 2 is 1.62 bits per heavy atom. The molecular formula is C25H21ClN2O. The lowest BCUT2D eigenvalue weighted by molar-refractivity contribution is 0.0955. The monoisotopic (exact) mass is 400 g/mol. The molecule has 1 N–H and O–H groups in total. The van der Waals surface area contributed by atoms with Gasteiger partial charge in [0.25, 0.3) is 5.91 Å². The summed E-state index contributed by atoms with van der Waals surface area (Å²) in [6.45, 7) is 0.617. The number of fused-ring (bicyclic) bond motifs is 1. The highest BCUT2D eigenvalue weighted by molar-refractivity contribution is 6.33. The standard InChI is InChI=1S/C25H21ClN2O/c26-22-14-6-4-13-20(22)24-17-21(19-12-5-7-15-23(19)28-24)25(29)27-16-8-11-18-9-2-1-3-10-18/h1-7,9-10,12-15,17H,8,11,16H2,(H,27,29). The van der Waals surface area contributed by atoms with Crippen LogP contribution in [0.1, 0.15) is 22.3 Å². The van der Waals surface area contributed by atoms with Crippen LogP contribution in [-0.4, -0.2) is 17.4 Å². The number of nitrogens with zero attached hydrogens (tertiary/aromatic N) is 1. The van der Waals surface area contributed by atoms with Gasteiger partial charge in [-0.2, -0.15) is 0 Å². The first-order chi connectivity index (χ1) is 14.2. The maximum atomic E-state index is 13.0. The van der Waals surface area contributed by atoms with Gasteiger partial charge in [-0.25, -0.2) is 4.98 Å². The molecule has 3 nitrogen and oxygen atoms in total.